The summed E-state index contributed by atoms with van der Waals surface area (Å²) in [6, 6.07) is -1.77. The summed E-state index contributed by atoms with van der Waals surface area (Å²) in [6.45, 7) is 16.6. The summed E-state index contributed by atoms with van der Waals surface area (Å²) < 4.78 is 5.91. The van der Waals surface area contributed by atoms with E-state index >= 15 is 0 Å². The molecule has 1 saturated heterocycles. The van der Waals surface area contributed by atoms with Crippen molar-refractivity contribution in [3.63, 3.8) is 0 Å². The molecule has 2 N–H and O–H groups in total. The van der Waals surface area contributed by atoms with Gasteiger partial charge in [-0.05, 0) is 55.8 Å². The van der Waals surface area contributed by atoms with Crippen molar-refractivity contribution in [3.05, 3.63) is 0 Å². The fourth-order valence-corrected chi connectivity index (χ4v) is 4.43. The highest BCUT2D eigenvalue weighted by Gasteiger charge is 2.41. The normalized spacial score (nSPS) is 22.8. The molecule has 0 aromatic carbocycles. The molecule has 0 aromatic rings. The van der Waals surface area contributed by atoms with Gasteiger partial charge in [-0.1, -0.05) is 54.9 Å². The summed E-state index contributed by atoms with van der Waals surface area (Å²) in [6.07, 6.45) is 4.99. The van der Waals surface area contributed by atoms with Crippen molar-refractivity contribution in [1.82, 2.24) is 15.5 Å². The summed E-state index contributed by atoms with van der Waals surface area (Å²) in [4.78, 5) is 41.0. The molecule has 1 aliphatic carbocycles. The van der Waals surface area contributed by atoms with Gasteiger partial charge >= 0.3 is 12.0 Å². The van der Waals surface area contributed by atoms with Crippen molar-refractivity contribution < 1.29 is 19.1 Å². The van der Waals surface area contributed by atoms with Gasteiger partial charge in [0.1, 0.15) is 18.2 Å². The van der Waals surface area contributed by atoms with Crippen LogP contribution in [0.2, 0.25) is 0 Å². The maximum Gasteiger partial charge on any atom is 0.329 e. The van der Waals surface area contributed by atoms with E-state index < -0.39 is 23.5 Å². The van der Waals surface area contributed by atoms with Crippen molar-refractivity contribution in [2.45, 2.75) is 112 Å². The number of carbonyl (C=O) groups is 3. The lowest BCUT2D eigenvalue weighted by molar-refractivity contribution is -0.156. The number of esters is 1. The van der Waals surface area contributed by atoms with Gasteiger partial charge in [0.2, 0.25) is 5.91 Å². The first kappa shape index (κ1) is 26.5. The number of likely N-dealkylation sites (tertiary alicyclic amines) is 1. The molecule has 0 spiro atoms. The molecule has 0 aromatic heterocycles. The Balaban J connectivity index is 2.06. The first-order valence-corrected chi connectivity index (χ1v) is 12.4. The third kappa shape index (κ3) is 6.85. The lowest BCUT2D eigenvalue weighted by Crippen LogP contribution is -2.59. The van der Waals surface area contributed by atoms with Crippen molar-refractivity contribution in [2.24, 2.45) is 23.2 Å². The Morgan fingerprint density at radius 2 is 1.69 bits per heavy atom. The van der Waals surface area contributed by atoms with Crippen LogP contribution in [0.1, 0.15) is 87.5 Å². The van der Waals surface area contributed by atoms with Crippen LogP contribution < -0.4 is 10.6 Å². The maximum atomic E-state index is 13.2. The van der Waals surface area contributed by atoms with Crippen molar-refractivity contribution in [1.29, 1.82) is 0 Å². The Morgan fingerprint density at radius 1 is 1.06 bits per heavy atom. The second kappa shape index (κ2) is 10.9. The minimum atomic E-state index is -0.762. The molecule has 2 rings (SSSR count). The second-order valence-electron chi connectivity index (χ2n) is 11.3. The van der Waals surface area contributed by atoms with Crippen LogP contribution >= 0.6 is 0 Å². The van der Waals surface area contributed by atoms with Crippen LogP contribution in [0.5, 0.6) is 0 Å². The molecule has 1 aliphatic heterocycles. The molecule has 5 unspecified atom stereocenters. The zero-order valence-electron chi connectivity index (χ0n) is 21.4. The molecule has 7 heteroatoms. The molecular weight excluding hydrogens is 406 g/mol. The summed E-state index contributed by atoms with van der Waals surface area (Å²) in [5.41, 5.74) is -0.460. The van der Waals surface area contributed by atoms with Gasteiger partial charge in [-0.3, -0.25) is 4.79 Å². The highest BCUT2D eigenvalue weighted by atomic mass is 16.5. The fourth-order valence-electron chi connectivity index (χ4n) is 4.43. The van der Waals surface area contributed by atoms with Gasteiger partial charge in [-0.2, -0.15) is 0 Å². The van der Waals surface area contributed by atoms with Crippen LogP contribution in [0.15, 0.2) is 0 Å². The number of carbonyl (C=O) groups excluding carboxylic acids is 3. The number of hydrogen-bond donors (Lipinski definition) is 2. The van der Waals surface area contributed by atoms with Gasteiger partial charge in [0, 0.05) is 12.6 Å². The molecule has 184 valence electrons. The fraction of sp³-hybridized carbons (Fsp3) is 0.880. The molecular formula is C25H45N3O4. The van der Waals surface area contributed by atoms with E-state index in [1.807, 2.05) is 46.4 Å². The van der Waals surface area contributed by atoms with Gasteiger partial charge in [0.15, 0.2) is 0 Å². The average Bonchev–Trinajstić information content (AvgIpc) is 3.46. The van der Waals surface area contributed by atoms with Gasteiger partial charge in [0.25, 0.3) is 0 Å². The third-order valence-corrected chi connectivity index (χ3v) is 6.98. The van der Waals surface area contributed by atoms with Gasteiger partial charge in [-0.15, -0.1) is 0 Å². The number of nitrogens with one attached hydrogen (secondary N) is 2. The van der Waals surface area contributed by atoms with Crippen LogP contribution in [0.4, 0.5) is 4.79 Å². The smallest absolute Gasteiger partial charge is 0.329 e. The van der Waals surface area contributed by atoms with E-state index in [0.29, 0.717) is 11.8 Å². The Bertz CT molecular complexity index is 669. The second-order valence-corrected chi connectivity index (χ2v) is 11.3. The molecule has 0 bridgehead atoms. The van der Waals surface area contributed by atoms with Gasteiger partial charge in [0.05, 0.1) is 0 Å². The quantitative estimate of drug-likeness (QED) is 0.517. The zero-order valence-corrected chi connectivity index (χ0v) is 21.4. The predicted octanol–water partition coefficient (Wildman–Crippen LogP) is 4.10. The van der Waals surface area contributed by atoms with E-state index in [-0.39, 0.29) is 29.9 Å². The number of amides is 3. The Labute approximate surface area is 194 Å². The van der Waals surface area contributed by atoms with Crippen LogP contribution in [0, 0.1) is 23.2 Å². The van der Waals surface area contributed by atoms with Crippen LogP contribution in [-0.2, 0) is 14.3 Å². The van der Waals surface area contributed by atoms with Gasteiger partial charge < -0.3 is 20.3 Å². The molecule has 1 heterocycles. The monoisotopic (exact) mass is 451 g/mol. The molecule has 3 amide bonds. The first-order valence-electron chi connectivity index (χ1n) is 12.4. The molecule has 7 nitrogen and oxygen atoms in total. The average molecular weight is 452 g/mol. The van der Waals surface area contributed by atoms with E-state index in [2.05, 4.69) is 24.5 Å². The molecule has 2 fully saturated rings. The molecule has 1 saturated carbocycles. The maximum absolute atomic E-state index is 13.2. The first-order chi connectivity index (χ1) is 14.9. The summed E-state index contributed by atoms with van der Waals surface area (Å²) in [5, 5.41) is 5.67. The summed E-state index contributed by atoms with van der Waals surface area (Å²) in [5.74, 6) is 0.137. The Morgan fingerprint density at radius 3 is 2.12 bits per heavy atom. The standard InChI is InChI=1S/C25H45N3O4/c1-9-16(4)20(18-12-13-18)32-23(30)19(15(2)3)26-24(31)27-21(25(6,7)8)22(29)28-14-10-11-17(28)5/h15-21H,9-14H2,1-8H3,(H2,26,27,31). The van der Waals surface area contributed by atoms with E-state index in [1.54, 1.807) is 0 Å². The number of hydrogen-bond acceptors (Lipinski definition) is 4. The largest absolute Gasteiger partial charge is 0.460 e. The number of rotatable bonds is 9. The lowest BCUT2D eigenvalue weighted by Gasteiger charge is -2.35. The Kier molecular flexibility index (Phi) is 9.00. The number of nitrogens with zero attached hydrogens (tertiary/aromatic N) is 1. The number of ether oxygens (including phenoxy) is 1. The van der Waals surface area contributed by atoms with Crippen LogP contribution in [-0.4, -0.2) is 53.6 Å². The van der Waals surface area contributed by atoms with E-state index in [1.165, 1.54) is 0 Å². The SMILES string of the molecule is CCC(C)C(OC(=O)C(NC(=O)NC(C(=O)N1CCCC1C)C(C)(C)C)C(C)C)C1CC1. The van der Waals surface area contributed by atoms with Crippen molar-refractivity contribution in [3.8, 4) is 0 Å². The topological polar surface area (TPSA) is 87.7 Å². The van der Waals surface area contributed by atoms with E-state index in [0.717, 1.165) is 38.6 Å². The van der Waals surface area contributed by atoms with Crippen LogP contribution in [0.3, 0.4) is 0 Å². The van der Waals surface area contributed by atoms with E-state index in [4.69, 9.17) is 4.74 Å². The highest BCUT2D eigenvalue weighted by Crippen LogP contribution is 2.38. The third-order valence-electron chi connectivity index (χ3n) is 6.98. The van der Waals surface area contributed by atoms with Crippen molar-refractivity contribution >= 4 is 17.9 Å². The van der Waals surface area contributed by atoms with Gasteiger partial charge in [-0.25, -0.2) is 9.59 Å². The zero-order chi connectivity index (χ0) is 24.2. The van der Waals surface area contributed by atoms with Crippen LogP contribution in [0.25, 0.3) is 0 Å². The highest BCUT2D eigenvalue weighted by molar-refractivity contribution is 5.90. The minimum Gasteiger partial charge on any atom is -0.460 e. The Hall–Kier alpha value is -1.79. The molecule has 5 atom stereocenters. The molecule has 0 radical (unpaired) electrons. The summed E-state index contributed by atoms with van der Waals surface area (Å²) in [7, 11) is 0. The molecule has 32 heavy (non-hydrogen) atoms. The lowest BCUT2D eigenvalue weighted by atomic mass is 9.85. The molecule has 2 aliphatic rings. The minimum absolute atomic E-state index is 0.0631. The van der Waals surface area contributed by atoms with Crippen molar-refractivity contribution in [2.75, 3.05) is 6.54 Å². The number of urea groups is 1. The van der Waals surface area contributed by atoms with E-state index in [9.17, 15) is 14.4 Å². The predicted molar refractivity (Wildman–Crippen MR) is 126 cm³/mol. The summed E-state index contributed by atoms with van der Waals surface area (Å²) >= 11 is 0.